The number of benzene rings is 1. The topological polar surface area (TPSA) is 69.9 Å². The Morgan fingerprint density at radius 1 is 1.14 bits per heavy atom. The molecule has 0 bridgehead atoms. The van der Waals surface area contributed by atoms with Crippen molar-refractivity contribution in [1.29, 1.82) is 0 Å². The number of hydrogen-bond acceptors (Lipinski definition) is 5. The highest BCUT2D eigenvalue weighted by atomic mass is 16.6. The number of esters is 1. The van der Waals surface area contributed by atoms with Crippen LogP contribution in [-0.2, 0) is 16.1 Å². The minimum atomic E-state index is -0.512. The summed E-state index contributed by atoms with van der Waals surface area (Å²) in [6.07, 6.45) is 0. The predicted molar refractivity (Wildman–Crippen MR) is 107 cm³/mol. The maximum Gasteiger partial charge on any atom is 0.344 e. The van der Waals surface area contributed by atoms with Gasteiger partial charge in [0.05, 0.1) is 5.69 Å². The number of carbonyl (C=O) groups is 1. The Morgan fingerprint density at radius 2 is 1.93 bits per heavy atom. The second-order valence-corrected chi connectivity index (χ2v) is 7.09. The minimum Gasteiger partial charge on any atom is -0.482 e. The molecule has 0 saturated carbocycles. The fourth-order valence-corrected chi connectivity index (χ4v) is 3.01. The van der Waals surface area contributed by atoms with Gasteiger partial charge < -0.3 is 9.47 Å². The third-order valence-electron chi connectivity index (χ3n) is 4.45. The number of fused-ring (bicyclic) bond motifs is 1. The van der Waals surface area contributed by atoms with Crippen LogP contribution >= 0.6 is 0 Å². The molecule has 6 nitrogen and oxygen atoms in total. The lowest BCUT2D eigenvalue weighted by atomic mass is 10.0. The summed E-state index contributed by atoms with van der Waals surface area (Å²) in [7, 11) is 0. The van der Waals surface area contributed by atoms with Gasteiger partial charge >= 0.3 is 5.97 Å². The van der Waals surface area contributed by atoms with Crippen LogP contribution in [0.5, 0.6) is 5.75 Å². The standard InChI is InChI=1S/C22H24N2O4/c1-14(2)18-9-8-15(3)10-19(18)27-13-22(26)28-12-17-11-21(25)24-16(4)6-5-7-20(24)23-17/h5-11,14H,12-13H2,1-4H3. The Labute approximate surface area is 163 Å². The van der Waals surface area contributed by atoms with Crippen LogP contribution in [0.4, 0.5) is 0 Å². The number of pyridine rings is 1. The van der Waals surface area contributed by atoms with Crippen molar-refractivity contribution in [3.05, 3.63) is 75.3 Å². The van der Waals surface area contributed by atoms with Gasteiger partial charge in [0.1, 0.15) is 18.0 Å². The Balaban J connectivity index is 1.65. The van der Waals surface area contributed by atoms with Crippen LogP contribution in [0, 0.1) is 13.8 Å². The van der Waals surface area contributed by atoms with E-state index in [1.54, 1.807) is 6.07 Å². The van der Waals surface area contributed by atoms with E-state index < -0.39 is 5.97 Å². The highest BCUT2D eigenvalue weighted by Gasteiger charge is 2.12. The van der Waals surface area contributed by atoms with Gasteiger partial charge in [-0.25, -0.2) is 9.78 Å². The van der Waals surface area contributed by atoms with Crippen LogP contribution in [0.1, 0.15) is 42.3 Å². The lowest BCUT2D eigenvalue weighted by Gasteiger charge is -2.14. The number of aromatic nitrogens is 2. The Morgan fingerprint density at radius 3 is 2.68 bits per heavy atom. The summed E-state index contributed by atoms with van der Waals surface area (Å²) in [5.41, 5.74) is 3.62. The molecule has 0 aliphatic heterocycles. The summed E-state index contributed by atoms with van der Waals surface area (Å²) >= 11 is 0. The van der Waals surface area contributed by atoms with E-state index in [0.717, 1.165) is 16.8 Å². The quantitative estimate of drug-likeness (QED) is 0.612. The Bertz CT molecular complexity index is 1070. The molecular formula is C22H24N2O4. The number of carbonyl (C=O) groups excluding carboxylic acids is 1. The highest BCUT2D eigenvalue weighted by Crippen LogP contribution is 2.27. The second-order valence-electron chi connectivity index (χ2n) is 7.09. The number of aryl methyl sites for hydroxylation is 2. The molecule has 0 atom stereocenters. The monoisotopic (exact) mass is 380 g/mol. The lowest BCUT2D eigenvalue weighted by molar-refractivity contribution is -0.147. The third kappa shape index (κ3) is 4.39. The molecule has 2 aromatic heterocycles. The zero-order valence-corrected chi connectivity index (χ0v) is 16.6. The van der Waals surface area contributed by atoms with Gasteiger partial charge in [0.25, 0.3) is 5.56 Å². The van der Waals surface area contributed by atoms with Crippen molar-refractivity contribution in [3.63, 3.8) is 0 Å². The van der Waals surface area contributed by atoms with Gasteiger partial charge in [0.15, 0.2) is 6.61 Å². The number of hydrogen-bond donors (Lipinski definition) is 0. The average Bonchev–Trinajstić information content (AvgIpc) is 2.64. The summed E-state index contributed by atoms with van der Waals surface area (Å²) in [4.78, 5) is 28.7. The van der Waals surface area contributed by atoms with Crippen LogP contribution in [0.25, 0.3) is 5.65 Å². The van der Waals surface area contributed by atoms with E-state index in [0.29, 0.717) is 17.1 Å². The highest BCUT2D eigenvalue weighted by molar-refractivity contribution is 5.71. The number of ether oxygens (including phenoxy) is 2. The van der Waals surface area contributed by atoms with E-state index in [2.05, 4.69) is 18.8 Å². The van der Waals surface area contributed by atoms with Gasteiger partial charge in [-0.15, -0.1) is 0 Å². The van der Waals surface area contributed by atoms with Crippen molar-refractivity contribution in [1.82, 2.24) is 9.38 Å². The third-order valence-corrected chi connectivity index (χ3v) is 4.45. The summed E-state index contributed by atoms with van der Waals surface area (Å²) in [5.74, 6) is 0.455. The zero-order valence-electron chi connectivity index (χ0n) is 16.6. The first-order valence-electron chi connectivity index (χ1n) is 9.22. The molecule has 2 heterocycles. The van der Waals surface area contributed by atoms with Gasteiger partial charge in [-0.2, -0.15) is 0 Å². The fourth-order valence-electron chi connectivity index (χ4n) is 3.01. The van der Waals surface area contributed by atoms with Crippen molar-refractivity contribution >= 4 is 11.6 Å². The Kier molecular flexibility index (Phi) is 5.78. The first-order chi connectivity index (χ1) is 13.3. The molecule has 28 heavy (non-hydrogen) atoms. The smallest absolute Gasteiger partial charge is 0.344 e. The van der Waals surface area contributed by atoms with Gasteiger partial charge in [0.2, 0.25) is 0 Å². The fraction of sp³-hybridized carbons (Fsp3) is 0.318. The molecule has 3 rings (SSSR count). The molecule has 0 N–H and O–H groups in total. The van der Waals surface area contributed by atoms with E-state index in [1.807, 2.05) is 44.2 Å². The van der Waals surface area contributed by atoms with Crippen LogP contribution < -0.4 is 10.3 Å². The molecule has 0 unspecified atom stereocenters. The molecule has 1 aromatic carbocycles. The molecular weight excluding hydrogens is 356 g/mol. The van der Waals surface area contributed by atoms with Crippen molar-refractivity contribution in [3.8, 4) is 5.75 Å². The normalized spacial score (nSPS) is 11.0. The van der Waals surface area contributed by atoms with Gasteiger partial charge in [0, 0.05) is 11.8 Å². The maximum atomic E-state index is 12.3. The zero-order chi connectivity index (χ0) is 20.3. The minimum absolute atomic E-state index is 0.0767. The van der Waals surface area contributed by atoms with Crippen LogP contribution in [0.3, 0.4) is 0 Å². The van der Waals surface area contributed by atoms with E-state index >= 15 is 0 Å². The van der Waals surface area contributed by atoms with Crippen LogP contribution in [0.15, 0.2) is 47.3 Å². The first-order valence-corrected chi connectivity index (χ1v) is 9.22. The molecule has 0 saturated heterocycles. The second kappa shape index (κ2) is 8.25. The van der Waals surface area contributed by atoms with E-state index in [4.69, 9.17) is 9.47 Å². The van der Waals surface area contributed by atoms with E-state index in [1.165, 1.54) is 10.5 Å². The molecule has 0 fully saturated rings. The Hall–Kier alpha value is -3.15. The van der Waals surface area contributed by atoms with Crippen molar-refractivity contribution in [2.45, 2.75) is 40.2 Å². The van der Waals surface area contributed by atoms with Crippen LogP contribution in [0.2, 0.25) is 0 Å². The average molecular weight is 380 g/mol. The van der Waals surface area contributed by atoms with E-state index in [9.17, 15) is 9.59 Å². The van der Waals surface area contributed by atoms with Crippen LogP contribution in [-0.4, -0.2) is 22.0 Å². The molecule has 0 aliphatic carbocycles. The van der Waals surface area contributed by atoms with Crippen molar-refractivity contribution < 1.29 is 14.3 Å². The summed E-state index contributed by atoms with van der Waals surface area (Å²) < 4.78 is 12.4. The number of nitrogens with zero attached hydrogens (tertiary/aromatic N) is 2. The largest absolute Gasteiger partial charge is 0.482 e. The van der Waals surface area contributed by atoms with Crippen molar-refractivity contribution in [2.75, 3.05) is 6.61 Å². The van der Waals surface area contributed by atoms with Gasteiger partial charge in [-0.3, -0.25) is 9.20 Å². The summed E-state index contributed by atoms with van der Waals surface area (Å²) in [6.45, 7) is 7.68. The molecule has 0 radical (unpaired) electrons. The molecule has 0 aliphatic rings. The maximum absolute atomic E-state index is 12.3. The number of rotatable bonds is 6. The lowest BCUT2D eigenvalue weighted by Crippen LogP contribution is -2.20. The van der Waals surface area contributed by atoms with Gasteiger partial charge in [-0.1, -0.05) is 32.0 Å². The molecule has 0 spiro atoms. The molecule has 146 valence electrons. The summed E-state index contributed by atoms with van der Waals surface area (Å²) in [6, 6.07) is 12.7. The molecule has 0 amide bonds. The summed E-state index contributed by atoms with van der Waals surface area (Å²) in [5, 5.41) is 0. The molecule has 3 aromatic rings. The predicted octanol–water partition coefficient (Wildman–Crippen LogP) is 3.56. The van der Waals surface area contributed by atoms with Crippen molar-refractivity contribution in [2.24, 2.45) is 0 Å². The molecule has 6 heteroatoms. The SMILES string of the molecule is Cc1ccc(C(C)C)c(OCC(=O)OCc2cc(=O)n3c(C)cccc3n2)c1. The first kappa shape index (κ1) is 19.6. The van der Waals surface area contributed by atoms with E-state index in [-0.39, 0.29) is 24.7 Å². The van der Waals surface area contributed by atoms with Gasteiger partial charge in [-0.05, 0) is 49.1 Å².